The lowest BCUT2D eigenvalue weighted by molar-refractivity contribution is 0.215. The van der Waals surface area contributed by atoms with Crippen molar-refractivity contribution in [3.63, 3.8) is 0 Å². The number of nitrogens with zero attached hydrogens (tertiary/aromatic N) is 3. The second kappa shape index (κ2) is 6.85. The van der Waals surface area contributed by atoms with Crippen LogP contribution in [0, 0.1) is 0 Å². The third kappa shape index (κ3) is 3.67. The Balaban J connectivity index is 2.17. The van der Waals surface area contributed by atoms with E-state index in [1.54, 1.807) is 0 Å². The molecule has 1 aromatic carbocycles. The highest BCUT2D eigenvalue weighted by atomic mass is 79.9. The van der Waals surface area contributed by atoms with Crippen LogP contribution in [-0.4, -0.2) is 23.3 Å². The number of nitrogens with two attached hydrogens (primary N) is 1. The van der Waals surface area contributed by atoms with Gasteiger partial charge < -0.3 is 15.3 Å². The molecule has 20 heavy (non-hydrogen) atoms. The molecule has 104 valence electrons. The molecule has 0 spiro atoms. The van der Waals surface area contributed by atoms with Gasteiger partial charge in [-0.2, -0.15) is 0 Å². The zero-order valence-electron chi connectivity index (χ0n) is 10.8. The van der Waals surface area contributed by atoms with Crippen molar-refractivity contribution < 1.29 is 9.57 Å². The summed E-state index contributed by atoms with van der Waals surface area (Å²) in [7, 11) is 1.44. The smallest absolute Gasteiger partial charge is 0.228 e. The SMILES string of the molecule is CON=Cc1c(N)ncnc1OCc1cccc(Br)c1. The van der Waals surface area contributed by atoms with E-state index in [9.17, 15) is 0 Å². The van der Waals surface area contributed by atoms with Crippen LogP contribution in [0.1, 0.15) is 11.1 Å². The Hall–Kier alpha value is -2.15. The summed E-state index contributed by atoms with van der Waals surface area (Å²) in [4.78, 5) is 12.6. The van der Waals surface area contributed by atoms with E-state index >= 15 is 0 Å². The van der Waals surface area contributed by atoms with Gasteiger partial charge in [-0.1, -0.05) is 33.2 Å². The van der Waals surface area contributed by atoms with Gasteiger partial charge in [-0.25, -0.2) is 9.97 Å². The first-order valence-corrected chi connectivity index (χ1v) is 6.54. The highest BCUT2D eigenvalue weighted by Crippen LogP contribution is 2.19. The maximum Gasteiger partial charge on any atom is 0.228 e. The van der Waals surface area contributed by atoms with Crippen molar-refractivity contribution in [3.05, 3.63) is 46.2 Å². The molecule has 1 heterocycles. The monoisotopic (exact) mass is 336 g/mol. The summed E-state index contributed by atoms with van der Waals surface area (Å²) in [5.74, 6) is 0.642. The maximum absolute atomic E-state index is 5.77. The first-order valence-electron chi connectivity index (χ1n) is 5.75. The number of halogens is 1. The Morgan fingerprint density at radius 3 is 3.00 bits per heavy atom. The molecular formula is C13H13BrN4O2. The number of oxime groups is 1. The van der Waals surface area contributed by atoms with Gasteiger partial charge in [0.2, 0.25) is 5.88 Å². The second-order valence-electron chi connectivity index (χ2n) is 3.81. The van der Waals surface area contributed by atoms with Crippen LogP contribution in [0.5, 0.6) is 5.88 Å². The van der Waals surface area contributed by atoms with Crippen LogP contribution in [0.4, 0.5) is 5.82 Å². The first kappa shape index (κ1) is 14.3. The average Bonchev–Trinajstić information content (AvgIpc) is 2.44. The molecule has 0 amide bonds. The number of anilines is 1. The zero-order valence-corrected chi connectivity index (χ0v) is 12.4. The molecule has 0 atom stereocenters. The van der Waals surface area contributed by atoms with Crippen LogP contribution >= 0.6 is 15.9 Å². The van der Waals surface area contributed by atoms with E-state index in [0.29, 0.717) is 18.1 Å². The van der Waals surface area contributed by atoms with E-state index in [2.05, 4.69) is 35.9 Å². The van der Waals surface area contributed by atoms with Gasteiger partial charge in [0.15, 0.2) is 0 Å². The summed E-state index contributed by atoms with van der Waals surface area (Å²) in [6, 6.07) is 7.80. The van der Waals surface area contributed by atoms with Gasteiger partial charge >= 0.3 is 0 Å². The molecule has 2 N–H and O–H groups in total. The van der Waals surface area contributed by atoms with Gasteiger partial charge in [0.25, 0.3) is 0 Å². The molecule has 6 nitrogen and oxygen atoms in total. The minimum atomic E-state index is 0.282. The van der Waals surface area contributed by atoms with Crippen LogP contribution < -0.4 is 10.5 Å². The maximum atomic E-state index is 5.77. The molecule has 0 bridgehead atoms. The fraction of sp³-hybridized carbons (Fsp3) is 0.154. The summed E-state index contributed by atoms with van der Waals surface area (Å²) < 4.78 is 6.65. The Labute approximate surface area is 124 Å². The van der Waals surface area contributed by atoms with E-state index < -0.39 is 0 Å². The van der Waals surface area contributed by atoms with Gasteiger partial charge in [-0.3, -0.25) is 0 Å². The minimum absolute atomic E-state index is 0.282. The summed E-state index contributed by atoms with van der Waals surface area (Å²) in [5, 5.41) is 3.66. The normalized spacial score (nSPS) is 10.7. The minimum Gasteiger partial charge on any atom is -0.472 e. The molecule has 1 aromatic heterocycles. The Bertz CT molecular complexity index is 619. The second-order valence-corrected chi connectivity index (χ2v) is 4.73. The summed E-state index contributed by atoms with van der Waals surface area (Å²) in [5.41, 5.74) is 7.27. The predicted octanol–water partition coefficient (Wildman–Crippen LogP) is 2.38. The fourth-order valence-electron chi connectivity index (χ4n) is 1.51. The number of hydrogen-bond acceptors (Lipinski definition) is 6. The van der Waals surface area contributed by atoms with Crippen molar-refractivity contribution in [2.45, 2.75) is 6.61 Å². The highest BCUT2D eigenvalue weighted by Gasteiger charge is 2.09. The van der Waals surface area contributed by atoms with Crippen molar-refractivity contribution in [1.29, 1.82) is 0 Å². The summed E-state index contributed by atoms with van der Waals surface area (Å²) >= 11 is 3.41. The molecule has 0 radical (unpaired) electrons. The molecule has 0 unspecified atom stereocenters. The average molecular weight is 337 g/mol. The van der Waals surface area contributed by atoms with Crippen molar-refractivity contribution in [2.24, 2.45) is 5.16 Å². The lowest BCUT2D eigenvalue weighted by atomic mass is 10.2. The molecule has 0 fully saturated rings. The number of rotatable bonds is 5. The van der Waals surface area contributed by atoms with E-state index in [1.165, 1.54) is 19.7 Å². The number of aromatic nitrogens is 2. The third-order valence-electron chi connectivity index (χ3n) is 2.43. The predicted molar refractivity (Wildman–Crippen MR) is 79.5 cm³/mol. The van der Waals surface area contributed by atoms with E-state index in [-0.39, 0.29) is 5.82 Å². The summed E-state index contributed by atoms with van der Waals surface area (Å²) in [6.45, 7) is 0.365. The Kier molecular flexibility index (Phi) is 4.89. The fourth-order valence-corrected chi connectivity index (χ4v) is 1.96. The number of benzene rings is 1. The first-order chi connectivity index (χ1) is 9.70. The molecule has 2 rings (SSSR count). The third-order valence-corrected chi connectivity index (χ3v) is 2.92. The van der Waals surface area contributed by atoms with Crippen LogP contribution in [0.25, 0.3) is 0 Å². The topological polar surface area (TPSA) is 82.6 Å². The standard InChI is InChI=1S/C13H13BrN4O2/c1-19-18-6-11-12(15)16-8-17-13(11)20-7-9-3-2-4-10(14)5-9/h2-6,8H,7H2,1H3,(H2,15,16,17). The number of ether oxygens (including phenoxy) is 1. The van der Waals surface area contributed by atoms with E-state index in [4.69, 9.17) is 10.5 Å². The van der Waals surface area contributed by atoms with Gasteiger partial charge in [0.1, 0.15) is 31.4 Å². The Morgan fingerprint density at radius 2 is 2.25 bits per heavy atom. The lowest BCUT2D eigenvalue weighted by Gasteiger charge is -2.09. The molecular weight excluding hydrogens is 324 g/mol. The van der Waals surface area contributed by atoms with Gasteiger partial charge in [-0.05, 0) is 17.7 Å². The molecule has 0 saturated carbocycles. The molecule has 2 aromatic rings. The van der Waals surface area contributed by atoms with E-state index in [0.717, 1.165) is 10.0 Å². The summed E-state index contributed by atoms with van der Waals surface area (Å²) in [6.07, 6.45) is 2.77. The van der Waals surface area contributed by atoms with Crippen LogP contribution in [-0.2, 0) is 11.4 Å². The van der Waals surface area contributed by atoms with Gasteiger partial charge in [0.05, 0.1) is 6.21 Å². The number of nitrogen functional groups attached to an aromatic ring is 1. The Morgan fingerprint density at radius 1 is 1.40 bits per heavy atom. The van der Waals surface area contributed by atoms with Gasteiger partial charge in [0, 0.05) is 4.47 Å². The van der Waals surface area contributed by atoms with Crippen LogP contribution in [0.3, 0.4) is 0 Å². The van der Waals surface area contributed by atoms with Crippen molar-refractivity contribution in [1.82, 2.24) is 9.97 Å². The van der Waals surface area contributed by atoms with Crippen molar-refractivity contribution >= 4 is 28.0 Å². The lowest BCUT2D eigenvalue weighted by Crippen LogP contribution is -2.05. The van der Waals surface area contributed by atoms with Crippen LogP contribution in [0.2, 0.25) is 0 Å². The van der Waals surface area contributed by atoms with Gasteiger partial charge in [-0.15, -0.1) is 0 Å². The van der Waals surface area contributed by atoms with Crippen molar-refractivity contribution in [2.75, 3.05) is 12.8 Å². The molecule has 0 aliphatic carbocycles. The van der Waals surface area contributed by atoms with Crippen LogP contribution in [0.15, 0.2) is 40.2 Å². The quantitative estimate of drug-likeness (QED) is 0.669. The highest BCUT2D eigenvalue weighted by molar-refractivity contribution is 9.10. The van der Waals surface area contributed by atoms with E-state index in [1.807, 2.05) is 24.3 Å². The zero-order chi connectivity index (χ0) is 14.4. The molecule has 7 heteroatoms. The van der Waals surface area contributed by atoms with Crippen molar-refractivity contribution in [3.8, 4) is 5.88 Å². The largest absolute Gasteiger partial charge is 0.472 e. The molecule has 0 aliphatic heterocycles. The number of hydrogen-bond donors (Lipinski definition) is 1. The molecule has 0 saturated heterocycles. The molecule has 0 aliphatic rings.